The molecular weight excluding hydrogens is 228 g/mol. The first-order chi connectivity index (χ1) is 8.24. The summed E-state index contributed by atoms with van der Waals surface area (Å²) in [5.41, 5.74) is 1.73. The number of nitrogens with zero attached hydrogens (tertiary/aromatic N) is 2. The van der Waals surface area contributed by atoms with E-state index in [-0.39, 0.29) is 12.0 Å². The van der Waals surface area contributed by atoms with Crippen LogP contribution in [0.3, 0.4) is 0 Å². The quantitative estimate of drug-likeness (QED) is 0.856. The zero-order valence-electron chi connectivity index (χ0n) is 11.9. The molecule has 0 bridgehead atoms. The van der Waals surface area contributed by atoms with E-state index in [1.807, 2.05) is 24.1 Å². The molecular formula is C14H24N2O2. The van der Waals surface area contributed by atoms with Gasteiger partial charge in [-0.15, -0.1) is 0 Å². The van der Waals surface area contributed by atoms with Crippen molar-refractivity contribution in [1.82, 2.24) is 4.98 Å². The largest absolute Gasteiger partial charge is 0.392 e. The molecule has 1 rings (SSSR count). The average Bonchev–Trinajstić information content (AvgIpc) is 2.26. The Bertz CT molecular complexity index is 397. The monoisotopic (exact) mass is 252 g/mol. The van der Waals surface area contributed by atoms with Crippen molar-refractivity contribution in [3.8, 4) is 0 Å². The van der Waals surface area contributed by atoms with Gasteiger partial charge in [0, 0.05) is 24.7 Å². The zero-order chi connectivity index (χ0) is 13.9. The number of aliphatic hydroxyl groups is 2. The van der Waals surface area contributed by atoms with E-state index in [0.717, 1.165) is 17.1 Å². The number of hydrogen-bond donors (Lipinski definition) is 2. The van der Waals surface area contributed by atoms with E-state index in [0.29, 0.717) is 6.54 Å². The van der Waals surface area contributed by atoms with Crippen LogP contribution in [0, 0.1) is 0 Å². The van der Waals surface area contributed by atoms with E-state index in [9.17, 15) is 10.2 Å². The second kappa shape index (κ2) is 5.67. The lowest BCUT2D eigenvalue weighted by molar-refractivity contribution is 0.201. The van der Waals surface area contributed by atoms with Crippen molar-refractivity contribution in [2.45, 2.75) is 45.8 Å². The molecule has 1 heterocycles. The summed E-state index contributed by atoms with van der Waals surface area (Å²) in [6.45, 7) is 8.54. The van der Waals surface area contributed by atoms with Gasteiger partial charge in [-0.05, 0) is 24.6 Å². The summed E-state index contributed by atoms with van der Waals surface area (Å²) >= 11 is 0. The summed E-state index contributed by atoms with van der Waals surface area (Å²) in [6.07, 6.45) is -0.410. The normalized spacial score (nSPS) is 13.5. The summed E-state index contributed by atoms with van der Waals surface area (Å²) in [6, 6.07) is 3.79. The fraction of sp³-hybridized carbons (Fsp3) is 0.643. The number of pyridine rings is 1. The highest BCUT2D eigenvalue weighted by molar-refractivity contribution is 5.43. The van der Waals surface area contributed by atoms with E-state index in [4.69, 9.17) is 0 Å². The highest BCUT2D eigenvalue weighted by atomic mass is 16.3. The average molecular weight is 252 g/mol. The standard InChI is InChI=1S/C14H24N2O2/c1-10(18)8-16(5)13-7-11(9-17)6-12(15-13)14(2,3)4/h6-7,10,17-18H,8-9H2,1-5H3. The summed E-state index contributed by atoms with van der Waals surface area (Å²) in [5.74, 6) is 0.785. The number of hydrogen-bond acceptors (Lipinski definition) is 4. The second-order valence-electron chi connectivity index (χ2n) is 5.86. The van der Waals surface area contributed by atoms with E-state index in [1.165, 1.54) is 0 Å². The summed E-state index contributed by atoms with van der Waals surface area (Å²) < 4.78 is 0. The molecule has 0 amide bonds. The fourth-order valence-corrected chi connectivity index (χ4v) is 1.73. The van der Waals surface area contributed by atoms with Crippen LogP contribution < -0.4 is 4.90 Å². The highest BCUT2D eigenvalue weighted by Gasteiger charge is 2.18. The third kappa shape index (κ3) is 3.96. The number of aromatic nitrogens is 1. The molecule has 18 heavy (non-hydrogen) atoms. The Labute approximate surface area is 109 Å². The molecule has 2 N–H and O–H groups in total. The van der Waals surface area contributed by atoms with Gasteiger partial charge in [0.1, 0.15) is 5.82 Å². The SMILES string of the molecule is CC(O)CN(C)c1cc(CO)cc(C(C)(C)C)n1. The molecule has 4 nitrogen and oxygen atoms in total. The minimum atomic E-state index is -0.410. The van der Waals surface area contributed by atoms with Gasteiger partial charge in [-0.1, -0.05) is 20.8 Å². The Balaban J connectivity index is 3.12. The van der Waals surface area contributed by atoms with Crippen LogP contribution in [0.2, 0.25) is 0 Å². The Morgan fingerprint density at radius 1 is 1.33 bits per heavy atom. The molecule has 0 aliphatic rings. The summed E-state index contributed by atoms with van der Waals surface area (Å²) in [7, 11) is 1.89. The Morgan fingerprint density at radius 3 is 2.39 bits per heavy atom. The third-order valence-electron chi connectivity index (χ3n) is 2.75. The lowest BCUT2D eigenvalue weighted by Gasteiger charge is -2.24. The van der Waals surface area contributed by atoms with Crippen LogP contribution in [-0.4, -0.2) is 34.9 Å². The Kier molecular flexibility index (Phi) is 4.71. The first-order valence-corrected chi connectivity index (χ1v) is 6.25. The van der Waals surface area contributed by atoms with Crippen LogP contribution >= 0.6 is 0 Å². The van der Waals surface area contributed by atoms with Crippen molar-refractivity contribution in [2.75, 3.05) is 18.5 Å². The molecule has 1 aromatic rings. The number of rotatable bonds is 4. The molecule has 0 spiro atoms. The molecule has 1 aromatic heterocycles. The molecule has 0 saturated heterocycles. The molecule has 4 heteroatoms. The molecule has 1 unspecified atom stereocenters. The van der Waals surface area contributed by atoms with Gasteiger partial charge in [0.2, 0.25) is 0 Å². The molecule has 0 aliphatic heterocycles. The van der Waals surface area contributed by atoms with Crippen molar-refractivity contribution in [3.63, 3.8) is 0 Å². The van der Waals surface area contributed by atoms with Gasteiger partial charge in [-0.2, -0.15) is 0 Å². The topological polar surface area (TPSA) is 56.6 Å². The van der Waals surface area contributed by atoms with Gasteiger partial charge < -0.3 is 15.1 Å². The Morgan fingerprint density at radius 2 is 1.94 bits per heavy atom. The van der Waals surface area contributed by atoms with Crippen molar-refractivity contribution in [1.29, 1.82) is 0 Å². The molecule has 0 fully saturated rings. The van der Waals surface area contributed by atoms with Crippen LogP contribution in [0.15, 0.2) is 12.1 Å². The lowest BCUT2D eigenvalue weighted by Crippen LogP contribution is -2.28. The van der Waals surface area contributed by atoms with Crippen LogP contribution in [0.25, 0.3) is 0 Å². The van der Waals surface area contributed by atoms with E-state index in [2.05, 4.69) is 25.8 Å². The van der Waals surface area contributed by atoms with E-state index in [1.54, 1.807) is 6.92 Å². The molecule has 0 aromatic carbocycles. The van der Waals surface area contributed by atoms with Crippen molar-refractivity contribution < 1.29 is 10.2 Å². The minimum Gasteiger partial charge on any atom is -0.392 e. The van der Waals surface area contributed by atoms with Crippen molar-refractivity contribution in [2.24, 2.45) is 0 Å². The van der Waals surface area contributed by atoms with Gasteiger partial charge in [0.15, 0.2) is 0 Å². The van der Waals surface area contributed by atoms with Crippen LogP contribution in [0.1, 0.15) is 39.0 Å². The zero-order valence-corrected chi connectivity index (χ0v) is 11.9. The van der Waals surface area contributed by atoms with Crippen LogP contribution in [0.5, 0.6) is 0 Å². The maximum atomic E-state index is 9.42. The smallest absolute Gasteiger partial charge is 0.129 e. The van der Waals surface area contributed by atoms with Gasteiger partial charge in [-0.25, -0.2) is 4.98 Å². The number of likely N-dealkylation sites (N-methyl/N-ethyl adjacent to an activating group) is 1. The fourth-order valence-electron chi connectivity index (χ4n) is 1.73. The summed E-state index contributed by atoms with van der Waals surface area (Å²) in [5, 5.41) is 18.7. The second-order valence-corrected chi connectivity index (χ2v) is 5.86. The maximum absolute atomic E-state index is 9.42. The van der Waals surface area contributed by atoms with Gasteiger partial charge in [0.05, 0.1) is 12.7 Å². The first-order valence-electron chi connectivity index (χ1n) is 6.25. The minimum absolute atomic E-state index is 0.00111. The van der Waals surface area contributed by atoms with Gasteiger partial charge in [-0.3, -0.25) is 0 Å². The lowest BCUT2D eigenvalue weighted by atomic mass is 9.91. The van der Waals surface area contributed by atoms with Crippen LogP contribution in [0.4, 0.5) is 5.82 Å². The molecule has 1 atom stereocenters. The third-order valence-corrected chi connectivity index (χ3v) is 2.75. The van der Waals surface area contributed by atoms with E-state index >= 15 is 0 Å². The molecule has 0 aliphatic carbocycles. The highest BCUT2D eigenvalue weighted by Crippen LogP contribution is 2.24. The molecule has 0 saturated carbocycles. The maximum Gasteiger partial charge on any atom is 0.129 e. The van der Waals surface area contributed by atoms with Crippen molar-refractivity contribution >= 4 is 5.82 Å². The predicted octanol–water partition coefficient (Wildman–Crippen LogP) is 1.69. The van der Waals surface area contributed by atoms with Crippen LogP contribution in [-0.2, 0) is 12.0 Å². The van der Waals surface area contributed by atoms with Crippen molar-refractivity contribution in [3.05, 3.63) is 23.4 Å². The first kappa shape index (κ1) is 14.9. The number of anilines is 1. The predicted molar refractivity (Wildman–Crippen MR) is 73.8 cm³/mol. The van der Waals surface area contributed by atoms with Gasteiger partial charge in [0.25, 0.3) is 0 Å². The van der Waals surface area contributed by atoms with Gasteiger partial charge >= 0.3 is 0 Å². The number of aliphatic hydroxyl groups excluding tert-OH is 2. The van der Waals surface area contributed by atoms with E-state index < -0.39 is 6.10 Å². The molecule has 0 radical (unpaired) electrons. The molecule has 102 valence electrons. The summed E-state index contributed by atoms with van der Waals surface area (Å²) in [4.78, 5) is 6.51. The Hall–Kier alpha value is -1.13.